The fraction of sp³-hybridized carbons (Fsp3) is 1.00. The summed E-state index contributed by atoms with van der Waals surface area (Å²) in [7, 11) is 5.98. The molecule has 0 amide bonds. The second kappa shape index (κ2) is 68.6. The maximum atomic E-state index is 5.19. The molecule has 0 spiro atoms. The summed E-state index contributed by atoms with van der Waals surface area (Å²) in [6.45, 7) is 9.03. The lowest BCUT2D eigenvalue weighted by molar-refractivity contribution is 0.420. The van der Waals surface area contributed by atoms with E-state index < -0.39 is 0 Å². The molecule has 0 unspecified atom stereocenters. The van der Waals surface area contributed by atoms with Gasteiger partial charge in [0, 0.05) is 13.1 Å². The Balaban J connectivity index is -0.0000000131. The van der Waals surface area contributed by atoms with Crippen LogP contribution in [0.1, 0.15) is 64.3 Å². The standard InChI is InChI=1S/C4H12N2.C4H11N.C2H6.5CH4/c1-6(2)4-3-5;1-3-4-5-2;1-2;;;;;/h3-5H2,1-2H3;5H,3-4H2,1-2H3;1-2H3;5*1H4. The molecule has 0 aliphatic heterocycles. The second-order valence-electron chi connectivity index (χ2n) is 2.70. The zero-order valence-corrected chi connectivity index (χ0v) is 10.4. The van der Waals surface area contributed by atoms with E-state index >= 15 is 0 Å². The van der Waals surface area contributed by atoms with Gasteiger partial charge in [-0.2, -0.15) is 0 Å². The third-order valence-electron chi connectivity index (χ3n) is 1.08. The summed E-state index contributed by atoms with van der Waals surface area (Å²) in [5.74, 6) is 0. The molecule has 0 aliphatic carbocycles. The Morgan fingerprint density at radius 1 is 0.944 bits per heavy atom. The molecular formula is C15H49N3. The zero-order valence-electron chi connectivity index (χ0n) is 10.4. The molecule has 0 saturated heterocycles. The first-order chi connectivity index (χ1) is 6.18. The molecule has 0 rings (SSSR count). The molecular weight excluding hydrogens is 222 g/mol. The minimum absolute atomic E-state index is 0. The Morgan fingerprint density at radius 3 is 1.28 bits per heavy atom. The van der Waals surface area contributed by atoms with Crippen molar-refractivity contribution in [2.45, 2.75) is 64.3 Å². The lowest BCUT2D eigenvalue weighted by Crippen LogP contribution is -2.20. The molecule has 0 radical (unpaired) electrons. The van der Waals surface area contributed by atoms with Crippen LogP contribution in [0.15, 0.2) is 0 Å². The van der Waals surface area contributed by atoms with Crippen molar-refractivity contribution in [3.8, 4) is 0 Å². The maximum absolute atomic E-state index is 5.19. The minimum Gasteiger partial charge on any atom is -0.329 e. The molecule has 0 bridgehead atoms. The summed E-state index contributed by atoms with van der Waals surface area (Å²) < 4.78 is 0. The van der Waals surface area contributed by atoms with Gasteiger partial charge in [0.15, 0.2) is 0 Å². The smallest absolute Gasteiger partial charge is 0.00985 e. The molecule has 0 fully saturated rings. The molecule has 0 aromatic carbocycles. The number of hydrogen-bond donors (Lipinski definition) is 2. The van der Waals surface area contributed by atoms with E-state index in [1.54, 1.807) is 0 Å². The van der Waals surface area contributed by atoms with E-state index in [2.05, 4.69) is 17.1 Å². The lowest BCUT2D eigenvalue weighted by Gasteiger charge is -2.03. The van der Waals surface area contributed by atoms with Crippen LogP contribution in [0, 0.1) is 0 Å². The molecule has 0 saturated carbocycles. The van der Waals surface area contributed by atoms with Crippen molar-refractivity contribution in [1.29, 1.82) is 0 Å². The van der Waals surface area contributed by atoms with Crippen molar-refractivity contribution in [3.63, 3.8) is 0 Å². The van der Waals surface area contributed by atoms with Crippen LogP contribution < -0.4 is 11.1 Å². The summed E-state index contributed by atoms with van der Waals surface area (Å²) in [6.07, 6.45) is 1.23. The monoisotopic (exact) mass is 271 g/mol. The van der Waals surface area contributed by atoms with Gasteiger partial charge in [-0.3, -0.25) is 0 Å². The summed E-state index contributed by atoms with van der Waals surface area (Å²) in [4.78, 5) is 2.06. The summed E-state index contributed by atoms with van der Waals surface area (Å²) in [5.41, 5.74) is 5.19. The topological polar surface area (TPSA) is 41.3 Å². The van der Waals surface area contributed by atoms with Crippen LogP contribution in [-0.4, -0.2) is 45.7 Å². The Bertz CT molecular complexity index is 55.7. The van der Waals surface area contributed by atoms with Gasteiger partial charge in [-0.05, 0) is 34.1 Å². The van der Waals surface area contributed by atoms with Crippen molar-refractivity contribution in [3.05, 3.63) is 0 Å². The van der Waals surface area contributed by atoms with E-state index in [1.165, 1.54) is 6.42 Å². The Hall–Kier alpha value is -0.120. The largest absolute Gasteiger partial charge is 0.329 e. The molecule has 0 aromatic rings. The van der Waals surface area contributed by atoms with Gasteiger partial charge in [0.1, 0.15) is 0 Å². The van der Waals surface area contributed by atoms with Crippen molar-refractivity contribution in [2.24, 2.45) is 5.73 Å². The third-order valence-corrected chi connectivity index (χ3v) is 1.08. The first kappa shape index (κ1) is 52.2. The highest BCUT2D eigenvalue weighted by molar-refractivity contribution is 4.38. The lowest BCUT2D eigenvalue weighted by atomic mass is 10.5. The van der Waals surface area contributed by atoms with Crippen molar-refractivity contribution in [1.82, 2.24) is 10.2 Å². The van der Waals surface area contributed by atoms with Gasteiger partial charge in [0.05, 0.1) is 0 Å². The molecule has 3 heteroatoms. The molecule has 18 heavy (non-hydrogen) atoms. The number of nitrogens with one attached hydrogen (secondary N) is 1. The first-order valence-corrected chi connectivity index (χ1v) is 5.18. The highest BCUT2D eigenvalue weighted by Gasteiger charge is 1.79. The van der Waals surface area contributed by atoms with E-state index in [9.17, 15) is 0 Å². The van der Waals surface area contributed by atoms with Crippen LogP contribution in [0.4, 0.5) is 0 Å². The average Bonchev–Trinajstić information content (AvgIpc) is 2.10. The van der Waals surface area contributed by atoms with Gasteiger partial charge in [0.25, 0.3) is 0 Å². The third kappa shape index (κ3) is 148. The van der Waals surface area contributed by atoms with Gasteiger partial charge in [-0.25, -0.2) is 0 Å². The number of rotatable bonds is 4. The summed E-state index contributed by atoms with van der Waals surface area (Å²) in [6, 6.07) is 0. The van der Waals surface area contributed by atoms with Crippen LogP contribution in [-0.2, 0) is 0 Å². The fourth-order valence-electron chi connectivity index (χ4n) is 0.508. The van der Waals surface area contributed by atoms with Crippen LogP contribution in [0.2, 0.25) is 0 Å². The highest BCUT2D eigenvalue weighted by Crippen LogP contribution is 1.64. The van der Waals surface area contributed by atoms with Crippen molar-refractivity contribution < 1.29 is 0 Å². The number of nitrogens with zero attached hydrogens (tertiary/aromatic N) is 1. The average molecular weight is 272 g/mol. The highest BCUT2D eigenvalue weighted by atomic mass is 15.1. The van der Waals surface area contributed by atoms with Crippen molar-refractivity contribution in [2.75, 3.05) is 40.8 Å². The molecule has 0 atom stereocenters. The summed E-state index contributed by atoms with van der Waals surface area (Å²) in [5, 5.41) is 3.02. The first-order valence-electron chi connectivity index (χ1n) is 5.18. The normalized spacial score (nSPS) is 6.00. The SMILES string of the molecule is C.C.C.C.C.CC.CCCNC.CN(C)CCN. The molecule has 0 heterocycles. The zero-order chi connectivity index (χ0) is 11.1. The predicted molar refractivity (Wildman–Crippen MR) is 96.8 cm³/mol. The van der Waals surface area contributed by atoms with Crippen molar-refractivity contribution >= 4 is 0 Å². The van der Waals surface area contributed by atoms with Gasteiger partial charge >= 0.3 is 0 Å². The van der Waals surface area contributed by atoms with Crippen LogP contribution >= 0.6 is 0 Å². The molecule has 0 aromatic heterocycles. The van der Waals surface area contributed by atoms with Crippen LogP contribution in [0.3, 0.4) is 0 Å². The molecule has 0 aliphatic rings. The predicted octanol–water partition coefficient (Wildman–Crippen LogP) is 4.33. The Morgan fingerprint density at radius 2 is 1.28 bits per heavy atom. The Labute approximate surface area is 122 Å². The Kier molecular flexibility index (Phi) is 199. The quantitative estimate of drug-likeness (QED) is 0.799. The van der Waals surface area contributed by atoms with Gasteiger partial charge in [-0.15, -0.1) is 0 Å². The molecule has 124 valence electrons. The number of hydrogen-bond acceptors (Lipinski definition) is 3. The van der Waals surface area contributed by atoms with Crippen LogP contribution in [0.5, 0.6) is 0 Å². The van der Waals surface area contributed by atoms with Gasteiger partial charge in [-0.1, -0.05) is 57.9 Å². The van der Waals surface area contributed by atoms with E-state index in [4.69, 9.17) is 5.73 Å². The van der Waals surface area contributed by atoms with E-state index in [-0.39, 0.29) is 37.1 Å². The van der Waals surface area contributed by atoms with E-state index in [1.807, 2.05) is 35.0 Å². The minimum atomic E-state index is 0. The second-order valence-corrected chi connectivity index (χ2v) is 2.70. The van der Waals surface area contributed by atoms with E-state index in [0.29, 0.717) is 0 Å². The maximum Gasteiger partial charge on any atom is 0.00985 e. The molecule has 3 nitrogen and oxygen atoms in total. The van der Waals surface area contributed by atoms with Crippen LogP contribution in [0.25, 0.3) is 0 Å². The number of likely N-dealkylation sites (N-methyl/N-ethyl adjacent to an activating group) is 1. The number of nitrogens with two attached hydrogens (primary N) is 1. The summed E-state index contributed by atoms with van der Waals surface area (Å²) >= 11 is 0. The van der Waals surface area contributed by atoms with Gasteiger partial charge in [0.2, 0.25) is 0 Å². The fourth-order valence-corrected chi connectivity index (χ4v) is 0.508. The van der Waals surface area contributed by atoms with E-state index in [0.717, 1.165) is 19.6 Å². The molecule has 3 N–H and O–H groups in total. The van der Waals surface area contributed by atoms with Gasteiger partial charge < -0.3 is 16.0 Å².